The summed E-state index contributed by atoms with van der Waals surface area (Å²) in [4.78, 5) is 15.1. The normalized spacial score (nSPS) is 18.4. The third-order valence-electron chi connectivity index (χ3n) is 3.77. The van der Waals surface area contributed by atoms with Gasteiger partial charge in [-0.15, -0.1) is 22.7 Å². The van der Waals surface area contributed by atoms with Gasteiger partial charge in [-0.25, -0.2) is 0 Å². The average Bonchev–Trinajstić information content (AvgIpc) is 2.99. The van der Waals surface area contributed by atoms with Gasteiger partial charge in [0.1, 0.15) is 0 Å². The molecule has 0 atom stereocenters. The number of carbonyl (C=O) groups excluding carboxylic acids is 1. The summed E-state index contributed by atoms with van der Waals surface area (Å²) in [6.07, 6.45) is 1.55. The number of nitrogens with zero attached hydrogens (tertiary/aromatic N) is 2. The Bertz CT molecular complexity index is 628. The van der Waals surface area contributed by atoms with Crippen molar-refractivity contribution >= 4 is 38.0 Å². The number of likely N-dealkylation sites (tertiary alicyclic amines) is 1. The van der Waals surface area contributed by atoms with E-state index in [1.165, 1.54) is 9.40 Å². The van der Waals surface area contributed by atoms with Crippen LogP contribution in [0.4, 0.5) is 0 Å². The number of rotatable bonds is 1. The van der Waals surface area contributed by atoms with Crippen molar-refractivity contribution in [3.63, 3.8) is 0 Å². The van der Waals surface area contributed by atoms with Crippen molar-refractivity contribution in [1.82, 2.24) is 4.90 Å². The molecule has 3 heterocycles. The minimum atomic E-state index is -0.257. The highest BCUT2D eigenvalue weighted by atomic mass is 32.1. The second-order valence-corrected chi connectivity index (χ2v) is 7.26. The van der Waals surface area contributed by atoms with Gasteiger partial charge in [-0.1, -0.05) is 0 Å². The molecule has 5 heteroatoms. The summed E-state index contributed by atoms with van der Waals surface area (Å²) in [5.41, 5.74) is -0.257. The van der Waals surface area contributed by atoms with Crippen LogP contribution in [0, 0.1) is 16.7 Å². The number of hydrogen-bond donors (Lipinski definition) is 0. The Kier molecular flexibility index (Phi) is 3.08. The molecular weight excluding hydrogens is 276 g/mol. The van der Waals surface area contributed by atoms with E-state index in [4.69, 9.17) is 5.26 Å². The van der Waals surface area contributed by atoms with Crippen LogP contribution in [0.2, 0.25) is 0 Å². The molecular formula is C14H14N2OS2. The van der Waals surface area contributed by atoms with Gasteiger partial charge in [0.05, 0.1) is 16.4 Å². The fourth-order valence-electron chi connectivity index (χ4n) is 2.34. The first kappa shape index (κ1) is 12.6. The highest BCUT2D eigenvalue weighted by Gasteiger charge is 2.32. The van der Waals surface area contributed by atoms with E-state index in [1.807, 2.05) is 17.9 Å². The molecule has 0 spiro atoms. The lowest BCUT2D eigenvalue weighted by Gasteiger charge is -2.34. The summed E-state index contributed by atoms with van der Waals surface area (Å²) in [5.74, 6) is 0.119. The third kappa shape index (κ3) is 2.26. The number of carbonyl (C=O) groups is 1. The highest BCUT2D eigenvalue weighted by Crippen LogP contribution is 2.33. The van der Waals surface area contributed by atoms with Gasteiger partial charge in [-0.3, -0.25) is 4.79 Å². The SMILES string of the molecule is CC1(C#N)CCN(C(=O)c2cc3sccc3s2)CC1. The van der Waals surface area contributed by atoms with Crippen LogP contribution in [-0.2, 0) is 0 Å². The molecule has 0 aliphatic carbocycles. The Morgan fingerprint density at radius 3 is 2.79 bits per heavy atom. The smallest absolute Gasteiger partial charge is 0.263 e. The van der Waals surface area contributed by atoms with Gasteiger partial charge in [0.25, 0.3) is 5.91 Å². The topological polar surface area (TPSA) is 44.1 Å². The molecule has 0 bridgehead atoms. The minimum absolute atomic E-state index is 0.119. The summed E-state index contributed by atoms with van der Waals surface area (Å²) in [6, 6.07) is 6.41. The maximum Gasteiger partial charge on any atom is 0.263 e. The van der Waals surface area contributed by atoms with Crippen LogP contribution >= 0.6 is 22.7 Å². The molecule has 1 fully saturated rings. The Labute approximate surface area is 120 Å². The van der Waals surface area contributed by atoms with E-state index in [0.29, 0.717) is 13.1 Å². The van der Waals surface area contributed by atoms with Gasteiger partial charge in [0, 0.05) is 22.5 Å². The van der Waals surface area contributed by atoms with Crippen molar-refractivity contribution in [3.8, 4) is 6.07 Å². The second kappa shape index (κ2) is 4.62. The van der Waals surface area contributed by atoms with E-state index < -0.39 is 0 Å². The molecule has 3 rings (SSSR count). The van der Waals surface area contributed by atoms with E-state index >= 15 is 0 Å². The summed E-state index contributed by atoms with van der Waals surface area (Å²) in [7, 11) is 0. The van der Waals surface area contributed by atoms with E-state index in [-0.39, 0.29) is 11.3 Å². The van der Waals surface area contributed by atoms with Crippen LogP contribution in [0.1, 0.15) is 29.4 Å². The predicted molar refractivity (Wildman–Crippen MR) is 78.6 cm³/mol. The second-order valence-electron chi connectivity index (χ2n) is 5.22. The first-order valence-corrected chi connectivity index (χ1v) is 7.98. The van der Waals surface area contributed by atoms with Gasteiger partial charge in [0.15, 0.2) is 0 Å². The van der Waals surface area contributed by atoms with Crippen molar-refractivity contribution < 1.29 is 4.79 Å². The van der Waals surface area contributed by atoms with Gasteiger partial charge in [-0.2, -0.15) is 5.26 Å². The maximum atomic E-state index is 12.4. The molecule has 0 radical (unpaired) electrons. The Balaban J connectivity index is 1.75. The standard InChI is InChI=1S/C14H14N2OS2/c1-14(9-15)3-5-16(6-4-14)13(17)12-8-11-10(19-12)2-7-18-11/h2,7-8H,3-6H2,1H3. The van der Waals surface area contributed by atoms with E-state index in [1.54, 1.807) is 22.7 Å². The van der Waals surface area contributed by atoms with Crippen molar-refractivity contribution in [2.24, 2.45) is 5.41 Å². The molecule has 0 saturated carbocycles. The van der Waals surface area contributed by atoms with Crippen molar-refractivity contribution in [2.75, 3.05) is 13.1 Å². The first-order valence-electron chi connectivity index (χ1n) is 6.29. The monoisotopic (exact) mass is 290 g/mol. The number of piperidine rings is 1. The fraction of sp³-hybridized carbons (Fsp3) is 0.429. The molecule has 2 aromatic rings. The molecule has 19 heavy (non-hydrogen) atoms. The molecule has 0 aromatic carbocycles. The van der Waals surface area contributed by atoms with Gasteiger partial charge >= 0.3 is 0 Å². The molecule has 1 amide bonds. The number of thiophene rings is 2. The lowest BCUT2D eigenvalue weighted by Crippen LogP contribution is -2.41. The van der Waals surface area contributed by atoms with Gasteiger partial charge < -0.3 is 4.90 Å². The molecule has 0 N–H and O–H groups in total. The van der Waals surface area contributed by atoms with Crippen LogP contribution in [0.5, 0.6) is 0 Å². The highest BCUT2D eigenvalue weighted by molar-refractivity contribution is 7.27. The van der Waals surface area contributed by atoms with Crippen LogP contribution in [-0.4, -0.2) is 23.9 Å². The summed E-state index contributed by atoms with van der Waals surface area (Å²) in [5, 5.41) is 11.2. The third-order valence-corrected chi connectivity index (χ3v) is 5.86. The maximum absolute atomic E-state index is 12.4. The molecule has 2 aromatic heterocycles. The summed E-state index contributed by atoms with van der Waals surface area (Å²) >= 11 is 3.24. The van der Waals surface area contributed by atoms with Crippen molar-refractivity contribution in [2.45, 2.75) is 19.8 Å². The van der Waals surface area contributed by atoms with Crippen LogP contribution in [0.15, 0.2) is 17.5 Å². The molecule has 0 unspecified atom stereocenters. The Morgan fingerprint density at radius 1 is 1.42 bits per heavy atom. The average molecular weight is 290 g/mol. The predicted octanol–water partition coefficient (Wildman–Crippen LogP) is 3.73. The van der Waals surface area contributed by atoms with E-state index in [9.17, 15) is 4.79 Å². The molecule has 1 saturated heterocycles. The van der Waals surface area contributed by atoms with Crippen molar-refractivity contribution in [3.05, 3.63) is 22.4 Å². The zero-order valence-corrected chi connectivity index (χ0v) is 12.3. The number of amides is 1. The van der Waals surface area contributed by atoms with Gasteiger partial charge in [-0.05, 0) is 37.3 Å². The summed E-state index contributed by atoms with van der Waals surface area (Å²) < 4.78 is 2.37. The minimum Gasteiger partial charge on any atom is -0.338 e. The Hall–Kier alpha value is -1.38. The lowest BCUT2D eigenvalue weighted by molar-refractivity contribution is 0.0666. The molecule has 1 aliphatic heterocycles. The fourth-order valence-corrected chi connectivity index (χ4v) is 4.42. The molecule has 1 aliphatic rings. The van der Waals surface area contributed by atoms with Crippen LogP contribution in [0.3, 0.4) is 0 Å². The van der Waals surface area contributed by atoms with Crippen molar-refractivity contribution in [1.29, 1.82) is 5.26 Å². The quantitative estimate of drug-likeness (QED) is 0.803. The van der Waals surface area contributed by atoms with Gasteiger partial charge in [0.2, 0.25) is 0 Å². The number of nitriles is 1. The lowest BCUT2D eigenvalue weighted by atomic mass is 9.82. The first-order chi connectivity index (χ1) is 9.11. The largest absolute Gasteiger partial charge is 0.338 e. The van der Waals surface area contributed by atoms with Crippen LogP contribution < -0.4 is 0 Å². The Morgan fingerprint density at radius 2 is 2.16 bits per heavy atom. The number of fused-ring (bicyclic) bond motifs is 1. The molecule has 3 nitrogen and oxygen atoms in total. The van der Waals surface area contributed by atoms with E-state index in [0.717, 1.165) is 17.7 Å². The van der Waals surface area contributed by atoms with E-state index in [2.05, 4.69) is 17.5 Å². The zero-order chi connectivity index (χ0) is 13.5. The summed E-state index contributed by atoms with van der Waals surface area (Å²) in [6.45, 7) is 3.36. The van der Waals surface area contributed by atoms with Crippen LogP contribution in [0.25, 0.3) is 9.40 Å². The zero-order valence-electron chi connectivity index (χ0n) is 10.7. The number of hydrogen-bond acceptors (Lipinski definition) is 4. The molecule has 98 valence electrons.